The fourth-order valence-electron chi connectivity index (χ4n) is 0.760. The number of aromatic nitrogens is 1. The number of aliphatic hydroxyl groups is 1. The summed E-state index contributed by atoms with van der Waals surface area (Å²) in [6, 6.07) is 1.46. The molecule has 0 aromatic carbocycles. The maximum Gasteiger partial charge on any atom is 0.158 e. The molecule has 0 saturated heterocycles. The summed E-state index contributed by atoms with van der Waals surface area (Å²) in [6.45, 7) is 1.39. The predicted octanol–water partition coefficient (Wildman–Crippen LogP) is 1.78. The van der Waals surface area contributed by atoms with Gasteiger partial charge >= 0.3 is 0 Å². The minimum Gasteiger partial charge on any atom is -0.390 e. The van der Waals surface area contributed by atoms with E-state index >= 15 is 0 Å². The number of halogens is 2. The molecule has 60 valence electrons. The molecule has 1 heterocycles. The van der Waals surface area contributed by atoms with Gasteiger partial charge < -0.3 is 5.11 Å². The molecule has 0 saturated carbocycles. The third-order valence-electron chi connectivity index (χ3n) is 1.29. The maximum atomic E-state index is 12.9. The molecule has 1 rings (SSSR count). The fourth-order valence-corrected chi connectivity index (χ4v) is 1.31. The van der Waals surface area contributed by atoms with E-state index in [0.29, 0.717) is 15.9 Å². The van der Waals surface area contributed by atoms with Gasteiger partial charge in [0.2, 0.25) is 0 Å². The minimum absolute atomic E-state index is 0.167. The van der Waals surface area contributed by atoms with Gasteiger partial charge in [0.25, 0.3) is 0 Å². The van der Waals surface area contributed by atoms with Crippen LogP contribution < -0.4 is 0 Å². The van der Waals surface area contributed by atoms with Crippen LogP contribution >= 0.6 is 15.9 Å². The standard InChI is InChI=1S/C7H7BrFNO/c1-4-7(9)6(8)2-5(3-11)10-4/h2,11H,3H2,1H3. The van der Waals surface area contributed by atoms with Crippen LogP contribution in [0.3, 0.4) is 0 Å². The van der Waals surface area contributed by atoms with Crippen LogP contribution in [0.15, 0.2) is 10.5 Å². The van der Waals surface area contributed by atoms with Crippen molar-refractivity contribution in [2.24, 2.45) is 0 Å². The lowest BCUT2D eigenvalue weighted by molar-refractivity contribution is 0.276. The van der Waals surface area contributed by atoms with E-state index in [1.807, 2.05) is 0 Å². The Morgan fingerprint density at radius 2 is 2.36 bits per heavy atom. The Morgan fingerprint density at radius 3 is 2.82 bits per heavy atom. The molecule has 0 amide bonds. The van der Waals surface area contributed by atoms with Crippen LogP contribution in [0.5, 0.6) is 0 Å². The average Bonchev–Trinajstić information content (AvgIpc) is 1.99. The van der Waals surface area contributed by atoms with Gasteiger partial charge in [-0.3, -0.25) is 4.98 Å². The Bertz CT molecular complexity index is 254. The first-order chi connectivity index (χ1) is 5.15. The highest BCUT2D eigenvalue weighted by Gasteiger charge is 2.05. The van der Waals surface area contributed by atoms with Crippen molar-refractivity contribution in [3.63, 3.8) is 0 Å². The highest BCUT2D eigenvalue weighted by molar-refractivity contribution is 9.10. The molecule has 0 aliphatic rings. The Morgan fingerprint density at radius 1 is 1.73 bits per heavy atom. The van der Waals surface area contributed by atoms with E-state index < -0.39 is 0 Å². The van der Waals surface area contributed by atoms with Gasteiger partial charge in [-0.2, -0.15) is 0 Å². The molecule has 0 radical (unpaired) electrons. The van der Waals surface area contributed by atoms with Crippen LogP contribution in [0.25, 0.3) is 0 Å². The van der Waals surface area contributed by atoms with Gasteiger partial charge in [-0.1, -0.05) is 0 Å². The van der Waals surface area contributed by atoms with Gasteiger partial charge in [-0.25, -0.2) is 4.39 Å². The molecule has 1 aromatic rings. The second kappa shape index (κ2) is 3.28. The van der Waals surface area contributed by atoms with E-state index in [-0.39, 0.29) is 12.4 Å². The minimum atomic E-state index is -0.373. The van der Waals surface area contributed by atoms with Crippen molar-refractivity contribution in [1.82, 2.24) is 4.98 Å². The van der Waals surface area contributed by atoms with Crippen LogP contribution in [0.2, 0.25) is 0 Å². The lowest BCUT2D eigenvalue weighted by Gasteiger charge is -2.00. The molecule has 0 aliphatic carbocycles. The molecular formula is C7H7BrFNO. The van der Waals surface area contributed by atoms with Gasteiger partial charge in [0, 0.05) is 0 Å². The van der Waals surface area contributed by atoms with Crippen LogP contribution in [-0.4, -0.2) is 10.1 Å². The first-order valence-electron chi connectivity index (χ1n) is 3.07. The smallest absolute Gasteiger partial charge is 0.158 e. The summed E-state index contributed by atoms with van der Waals surface area (Å²) in [6.07, 6.45) is 0. The number of pyridine rings is 1. The summed E-state index contributed by atoms with van der Waals surface area (Å²) < 4.78 is 13.2. The summed E-state index contributed by atoms with van der Waals surface area (Å²) in [4.78, 5) is 3.80. The van der Waals surface area contributed by atoms with Crippen LogP contribution in [0.1, 0.15) is 11.4 Å². The zero-order valence-electron chi connectivity index (χ0n) is 5.93. The summed E-state index contributed by atoms with van der Waals surface area (Å²) in [5, 5.41) is 8.67. The van der Waals surface area contributed by atoms with Crippen molar-refractivity contribution in [2.45, 2.75) is 13.5 Å². The Kier molecular flexibility index (Phi) is 2.57. The summed E-state index contributed by atoms with van der Waals surface area (Å²) in [7, 11) is 0. The topological polar surface area (TPSA) is 33.1 Å². The molecule has 0 unspecified atom stereocenters. The predicted molar refractivity (Wildman–Crippen MR) is 42.6 cm³/mol. The number of nitrogens with zero attached hydrogens (tertiary/aromatic N) is 1. The third-order valence-corrected chi connectivity index (χ3v) is 1.87. The molecular weight excluding hydrogens is 213 g/mol. The summed E-state index contributed by atoms with van der Waals surface area (Å²) in [5.41, 5.74) is 0.763. The lowest BCUT2D eigenvalue weighted by Crippen LogP contribution is -1.95. The normalized spacial score (nSPS) is 10.2. The zero-order chi connectivity index (χ0) is 8.43. The largest absolute Gasteiger partial charge is 0.390 e. The van der Waals surface area contributed by atoms with Gasteiger partial charge in [0.15, 0.2) is 5.82 Å². The quantitative estimate of drug-likeness (QED) is 0.782. The van der Waals surface area contributed by atoms with Crippen LogP contribution in [0, 0.1) is 12.7 Å². The maximum absolute atomic E-state index is 12.9. The number of hydrogen-bond donors (Lipinski definition) is 1. The van der Waals surface area contributed by atoms with Gasteiger partial charge in [-0.05, 0) is 28.9 Å². The van der Waals surface area contributed by atoms with Gasteiger partial charge in [-0.15, -0.1) is 0 Å². The fraction of sp³-hybridized carbons (Fsp3) is 0.286. The van der Waals surface area contributed by atoms with Gasteiger partial charge in [0.05, 0.1) is 22.5 Å². The van der Waals surface area contributed by atoms with Crippen LogP contribution in [0.4, 0.5) is 4.39 Å². The van der Waals surface area contributed by atoms with E-state index in [9.17, 15) is 4.39 Å². The Hall–Kier alpha value is -0.480. The van der Waals surface area contributed by atoms with E-state index in [1.165, 1.54) is 6.07 Å². The third kappa shape index (κ3) is 1.75. The van der Waals surface area contributed by atoms with E-state index in [1.54, 1.807) is 6.92 Å². The van der Waals surface area contributed by atoms with Crippen molar-refractivity contribution in [3.05, 3.63) is 27.7 Å². The molecule has 0 aliphatic heterocycles. The molecule has 1 N–H and O–H groups in total. The summed E-state index contributed by atoms with van der Waals surface area (Å²) >= 11 is 3.01. The number of aryl methyl sites for hydroxylation is 1. The van der Waals surface area contributed by atoms with Crippen molar-refractivity contribution >= 4 is 15.9 Å². The Labute approximate surface area is 72.2 Å². The first-order valence-corrected chi connectivity index (χ1v) is 3.87. The van der Waals surface area contributed by atoms with Crippen molar-refractivity contribution in [1.29, 1.82) is 0 Å². The molecule has 0 spiro atoms. The SMILES string of the molecule is Cc1nc(CO)cc(Br)c1F. The molecule has 2 nitrogen and oxygen atoms in total. The van der Waals surface area contributed by atoms with E-state index in [2.05, 4.69) is 20.9 Å². The van der Waals surface area contributed by atoms with E-state index in [4.69, 9.17) is 5.11 Å². The van der Waals surface area contributed by atoms with E-state index in [0.717, 1.165) is 0 Å². The average molecular weight is 220 g/mol. The zero-order valence-corrected chi connectivity index (χ0v) is 7.52. The van der Waals surface area contributed by atoms with Crippen molar-refractivity contribution in [2.75, 3.05) is 0 Å². The molecule has 0 fully saturated rings. The summed E-state index contributed by atoms with van der Waals surface area (Å²) in [5.74, 6) is -0.373. The molecule has 1 aromatic heterocycles. The molecule has 0 bridgehead atoms. The second-order valence-corrected chi connectivity index (χ2v) is 3.01. The Balaban J connectivity index is 3.21. The van der Waals surface area contributed by atoms with Crippen molar-refractivity contribution < 1.29 is 9.50 Å². The van der Waals surface area contributed by atoms with Gasteiger partial charge in [0.1, 0.15) is 0 Å². The molecule has 4 heteroatoms. The highest BCUT2D eigenvalue weighted by atomic mass is 79.9. The van der Waals surface area contributed by atoms with Crippen molar-refractivity contribution in [3.8, 4) is 0 Å². The molecule has 0 atom stereocenters. The van der Waals surface area contributed by atoms with Crippen LogP contribution in [-0.2, 0) is 6.61 Å². The second-order valence-electron chi connectivity index (χ2n) is 2.15. The lowest BCUT2D eigenvalue weighted by atomic mass is 10.3. The number of aliphatic hydroxyl groups excluding tert-OH is 1. The number of hydrogen-bond acceptors (Lipinski definition) is 2. The monoisotopic (exact) mass is 219 g/mol. The first kappa shape index (κ1) is 8.62. The number of rotatable bonds is 1. The molecule has 11 heavy (non-hydrogen) atoms. The highest BCUT2D eigenvalue weighted by Crippen LogP contribution is 2.17.